The second-order valence-electron chi connectivity index (χ2n) is 7.73. The Kier molecular flexibility index (Phi) is 6.78. The Morgan fingerprint density at radius 1 is 1.30 bits per heavy atom. The number of pyridine rings is 1. The van der Waals surface area contributed by atoms with Crippen molar-refractivity contribution in [3.8, 4) is 17.1 Å². The van der Waals surface area contributed by atoms with Crippen LogP contribution in [0.4, 0.5) is 0 Å². The highest BCUT2D eigenvalue weighted by Crippen LogP contribution is 2.35. The van der Waals surface area contributed by atoms with Crippen LogP contribution >= 0.6 is 23.4 Å². The molecule has 0 saturated carbocycles. The first-order valence-corrected chi connectivity index (χ1v) is 12.0. The Morgan fingerprint density at radius 3 is 2.82 bits per heavy atom. The molecule has 0 fully saturated rings. The lowest BCUT2D eigenvalue weighted by Gasteiger charge is -2.19. The van der Waals surface area contributed by atoms with E-state index in [4.69, 9.17) is 20.8 Å². The number of benzene rings is 1. The molecule has 33 heavy (non-hydrogen) atoms. The zero-order valence-corrected chi connectivity index (χ0v) is 20.3. The van der Waals surface area contributed by atoms with Gasteiger partial charge < -0.3 is 14.3 Å². The summed E-state index contributed by atoms with van der Waals surface area (Å²) in [5.41, 5.74) is 3.24. The van der Waals surface area contributed by atoms with E-state index in [0.29, 0.717) is 50.3 Å². The summed E-state index contributed by atoms with van der Waals surface area (Å²) in [6.45, 7) is 5.92. The third-order valence-corrected chi connectivity index (χ3v) is 6.23. The third kappa shape index (κ3) is 4.64. The number of aliphatic hydroxyl groups excluding tert-OH is 1. The van der Waals surface area contributed by atoms with Gasteiger partial charge in [-0.25, -0.2) is 4.98 Å². The van der Waals surface area contributed by atoms with Crippen molar-refractivity contribution in [2.75, 3.05) is 12.9 Å². The zero-order valence-electron chi connectivity index (χ0n) is 18.8. The maximum Gasteiger partial charge on any atom is 0.196 e. The number of ether oxygens (including phenoxy) is 1. The lowest BCUT2D eigenvalue weighted by atomic mass is 10.0. The highest BCUT2D eigenvalue weighted by atomic mass is 35.5. The van der Waals surface area contributed by atoms with Crippen LogP contribution in [0.1, 0.15) is 29.7 Å². The standard InChI is InChI=1S/C24H24ClN3O4S/c1-13-9-17(15(3)31-19-5-6-20(25)27-24(19)33-4)23-18(10-13)21(30)14(2)22(32-23)16-11-26-28(12-16)7-8-29/h5-6,9-12,15,29H,7-8H2,1-4H3. The van der Waals surface area contributed by atoms with Crippen molar-refractivity contribution in [2.24, 2.45) is 0 Å². The number of thioether (sulfide) groups is 1. The largest absolute Gasteiger partial charge is 0.483 e. The number of aliphatic hydroxyl groups is 1. The van der Waals surface area contributed by atoms with E-state index in [2.05, 4.69) is 10.1 Å². The first-order valence-electron chi connectivity index (χ1n) is 10.4. The molecule has 1 atom stereocenters. The van der Waals surface area contributed by atoms with Crippen LogP contribution in [-0.4, -0.2) is 32.7 Å². The minimum Gasteiger partial charge on any atom is -0.483 e. The highest BCUT2D eigenvalue weighted by Gasteiger charge is 2.21. The van der Waals surface area contributed by atoms with E-state index in [1.807, 2.05) is 32.2 Å². The van der Waals surface area contributed by atoms with Gasteiger partial charge in [0.2, 0.25) is 0 Å². The highest BCUT2D eigenvalue weighted by molar-refractivity contribution is 7.98. The number of halogens is 1. The van der Waals surface area contributed by atoms with Crippen LogP contribution in [0.25, 0.3) is 22.3 Å². The molecular weight excluding hydrogens is 462 g/mol. The first kappa shape index (κ1) is 23.4. The van der Waals surface area contributed by atoms with Gasteiger partial charge in [-0.05, 0) is 56.9 Å². The van der Waals surface area contributed by atoms with E-state index in [1.165, 1.54) is 11.8 Å². The average molecular weight is 486 g/mol. The summed E-state index contributed by atoms with van der Waals surface area (Å²) < 4.78 is 14.2. The topological polar surface area (TPSA) is 90.4 Å². The summed E-state index contributed by atoms with van der Waals surface area (Å²) in [5.74, 6) is 1.06. The summed E-state index contributed by atoms with van der Waals surface area (Å²) >= 11 is 7.47. The number of aryl methyl sites for hydroxylation is 1. The number of hydrogen-bond donors (Lipinski definition) is 1. The molecular formula is C24H24ClN3O4S. The van der Waals surface area contributed by atoms with Crippen LogP contribution < -0.4 is 10.2 Å². The van der Waals surface area contributed by atoms with Gasteiger partial charge in [0.15, 0.2) is 11.2 Å². The van der Waals surface area contributed by atoms with Crippen molar-refractivity contribution in [1.82, 2.24) is 14.8 Å². The predicted molar refractivity (Wildman–Crippen MR) is 130 cm³/mol. The molecule has 0 spiro atoms. The summed E-state index contributed by atoms with van der Waals surface area (Å²) in [5, 5.41) is 15.0. The molecule has 9 heteroatoms. The van der Waals surface area contributed by atoms with E-state index in [0.717, 1.165) is 11.1 Å². The molecule has 7 nitrogen and oxygen atoms in total. The molecule has 1 aromatic carbocycles. The second kappa shape index (κ2) is 9.59. The molecule has 3 aromatic heterocycles. The van der Waals surface area contributed by atoms with Crippen LogP contribution in [0.5, 0.6) is 5.75 Å². The minimum absolute atomic E-state index is 0.0301. The van der Waals surface area contributed by atoms with Crippen molar-refractivity contribution < 1.29 is 14.3 Å². The van der Waals surface area contributed by atoms with Gasteiger partial charge in [-0.3, -0.25) is 9.48 Å². The van der Waals surface area contributed by atoms with E-state index in [-0.39, 0.29) is 12.0 Å². The third-order valence-electron chi connectivity index (χ3n) is 5.34. The SMILES string of the molecule is CSc1nc(Cl)ccc1OC(C)c1cc(C)cc2c(=O)c(C)c(-c3cnn(CCO)c3)oc12. The van der Waals surface area contributed by atoms with Crippen molar-refractivity contribution in [2.45, 2.75) is 38.4 Å². The molecule has 0 bridgehead atoms. The number of hydrogen-bond acceptors (Lipinski definition) is 7. The van der Waals surface area contributed by atoms with Crippen LogP contribution in [-0.2, 0) is 6.54 Å². The Morgan fingerprint density at radius 2 is 2.09 bits per heavy atom. The average Bonchev–Trinajstić information content (AvgIpc) is 3.25. The summed E-state index contributed by atoms with van der Waals surface area (Å²) in [6.07, 6.45) is 4.87. The lowest BCUT2D eigenvalue weighted by Crippen LogP contribution is -2.11. The number of aromatic nitrogens is 3. The van der Waals surface area contributed by atoms with Crippen LogP contribution in [0, 0.1) is 13.8 Å². The summed E-state index contributed by atoms with van der Waals surface area (Å²) in [6, 6.07) is 7.27. The molecule has 0 radical (unpaired) electrons. The molecule has 1 N–H and O–H groups in total. The van der Waals surface area contributed by atoms with Gasteiger partial charge >= 0.3 is 0 Å². The van der Waals surface area contributed by atoms with E-state index in [1.54, 1.807) is 36.1 Å². The van der Waals surface area contributed by atoms with E-state index in [9.17, 15) is 9.90 Å². The van der Waals surface area contributed by atoms with Gasteiger partial charge in [-0.2, -0.15) is 5.10 Å². The van der Waals surface area contributed by atoms with Crippen molar-refractivity contribution >= 4 is 34.3 Å². The summed E-state index contributed by atoms with van der Waals surface area (Å²) in [4.78, 5) is 17.6. The van der Waals surface area contributed by atoms with E-state index >= 15 is 0 Å². The fourth-order valence-electron chi connectivity index (χ4n) is 3.75. The molecule has 0 amide bonds. The van der Waals surface area contributed by atoms with Gasteiger partial charge in [0.05, 0.1) is 30.3 Å². The number of fused-ring (bicyclic) bond motifs is 1. The number of nitrogens with zero attached hydrogens (tertiary/aromatic N) is 3. The molecule has 3 heterocycles. The fraction of sp³-hybridized carbons (Fsp3) is 0.292. The van der Waals surface area contributed by atoms with Gasteiger partial charge in [-0.15, -0.1) is 11.8 Å². The maximum atomic E-state index is 13.3. The van der Waals surface area contributed by atoms with Crippen molar-refractivity contribution in [1.29, 1.82) is 0 Å². The molecule has 0 aliphatic heterocycles. The summed E-state index contributed by atoms with van der Waals surface area (Å²) in [7, 11) is 0. The quantitative estimate of drug-likeness (QED) is 0.285. The molecule has 0 aliphatic carbocycles. The Bertz CT molecular complexity index is 1380. The molecule has 4 rings (SSSR count). The molecule has 0 aliphatic rings. The molecule has 172 valence electrons. The Labute approximate surface area is 200 Å². The van der Waals surface area contributed by atoms with Gasteiger partial charge in [0.25, 0.3) is 0 Å². The van der Waals surface area contributed by atoms with Crippen molar-refractivity contribution in [3.63, 3.8) is 0 Å². The Hall–Kier alpha value is -2.81. The first-order chi connectivity index (χ1) is 15.8. The van der Waals surface area contributed by atoms with Gasteiger partial charge in [0, 0.05) is 17.3 Å². The monoisotopic (exact) mass is 485 g/mol. The smallest absolute Gasteiger partial charge is 0.196 e. The molecule has 4 aromatic rings. The van der Waals surface area contributed by atoms with E-state index < -0.39 is 6.10 Å². The van der Waals surface area contributed by atoms with Crippen molar-refractivity contribution in [3.05, 3.63) is 68.7 Å². The lowest BCUT2D eigenvalue weighted by molar-refractivity contribution is 0.219. The Balaban J connectivity index is 1.84. The zero-order chi connectivity index (χ0) is 23.7. The molecule has 1 unspecified atom stereocenters. The maximum absolute atomic E-state index is 13.3. The second-order valence-corrected chi connectivity index (χ2v) is 8.92. The van der Waals surface area contributed by atoms with Gasteiger partial charge in [0.1, 0.15) is 27.6 Å². The fourth-order valence-corrected chi connectivity index (χ4v) is 4.45. The minimum atomic E-state index is -0.419. The normalized spacial score (nSPS) is 12.3. The molecule has 0 saturated heterocycles. The van der Waals surface area contributed by atoms with Crippen LogP contribution in [0.2, 0.25) is 5.15 Å². The predicted octanol–water partition coefficient (Wildman–Crippen LogP) is 5.18. The van der Waals surface area contributed by atoms with Crippen LogP contribution in [0.15, 0.2) is 50.9 Å². The van der Waals surface area contributed by atoms with Crippen LogP contribution in [0.3, 0.4) is 0 Å². The number of rotatable bonds is 7. The van der Waals surface area contributed by atoms with Gasteiger partial charge in [-0.1, -0.05) is 11.6 Å².